The Morgan fingerprint density at radius 1 is 1.33 bits per heavy atom. The Labute approximate surface area is 155 Å². The zero-order chi connectivity index (χ0) is 18.2. The number of rotatable bonds is 5. The summed E-state index contributed by atoms with van der Waals surface area (Å²) in [6.45, 7) is 1.40. The molecule has 1 aliphatic carbocycles. The van der Waals surface area contributed by atoms with Gasteiger partial charge >= 0.3 is 0 Å². The van der Waals surface area contributed by atoms with Crippen molar-refractivity contribution in [3.8, 4) is 5.88 Å². The number of ether oxygens (including phenoxy) is 1. The molecule has 3 aromatic rings. The van der Waals surface area contributed by atoms with Crippen molar-refractivity contribution < 1.29 is 14.1 Å². The van der Waals surface area contributed by atoms with Crippen LogP contribution in [0.5, 0.6) is 5.88 Å². The molecule has 1 aliphatic heterocycles. The van der Waals surface area contributed by atoms with Crippen LogP contribution in [0, 0.1) is 0 Å². The summed E-state index contributed by atoms with van der Waals surface area (Å²) in [4.78, 5) is 23.1. The van der Waals surface area contributed by atoms with Gasteiger partial charge in [0.2, 0.25) is 5.88 Å². The van der Waals surface area contributed by atoms with Crippen molar-refractivity contribution in [1.29, 1.82) is 0 Å². The smallest absolute Gasteiger partial charge is 0.276 e. The predicted molar refractivity (Wildman–Crippen MR) is 94.2 cm³/mol. The topological polar surface area (TPSA) is 86.3 Å². The van der Waals surface area contributed by atoms with Gasteiger partial charge in [-0.1, -0.05) is 11.2 Å². The third kappa shape index (κ3) is 3.18. The van der Waals surface area contributed by atoms with Crippen LogP contribution in [0.4, 0.5) is 0 Å². The number of amides is 1. The summed E-state index contributed by atoms with van der Waals surface area (Å²) >= 11 is 0. The normalized spacial score (nSPS) is 19.0. The Morgan fingerprint density at radius 2 is 2.26 bits per heavy atom. The van der Waals surface area contributed by atoms with Crippen LogP contribution >= 0.6 is 0 Å². The van der Waals surface area contributed by atoms with E-state index >= 15 is 0 Å². The summed E-state index contributed by atoms with van der Waals surface area (Å²) in [7, 11) is 0. The van der Waals surface area contributed by atoms with Gasteiger partial charge in [0.05, 0.1) is 24.6 Å². The lowest BCUT2D eigenvalue weighted by Crippen LogP contribution is -2.42. The molecule has 4 heterocycles. The molecule has 1 atom stereocenters. The molecule has 1 amide bonds. The number of fused-ring (bicyclic) bond motifs is 1. The molecule has 1 fully saturated rings. The average molecular weight is 365 g/mol. The Kier molecular flexibility index (Phi) is 3.88. The van der Waals surface area contributed by atoms with Gasteiger partial charge in [-0.15, -0.1) is 0 Å². The summed E-state index contributed by atoms with van der Waals surface area (Å²) in [5, 5.41) is 3.98. The summed E-state index contributed by atoms with van der Waals surface area (Å²) < 4.78 is 13.2. The van der Waals surface area contributed by atoms with Crippen LogP contribution in [0.1, 0.15) is 46.7 Å². The zero-order valence-corrected chi connectivity index (χ0v) is 14.7. The second kappa shape index (κ2) is 6.53. The molecule has 0 aromatic carbocycles. The van der Waals surface area contributed by atoms with E-state index in [1.54, 1.807) is 29.7 Å². The van der Waals surface area contributed by atoms with Gasteiger partial charge in [0.1, 0.15) is 12.4 Å². The second-order valence-corrected chi connectivity index (χ2v) is 7.00. The number of pyridine rings is 1. The van der Waals surface area contributed by atoms with Crippen molar-refractivity contribution >= 4 is 5.91 Å². The van der Waals surface area contributed by atoms with E-state index in [0.717, 1.165) is 24.3 Å². The van der Waals surface area contributed by atoms with Crippen LogP contribution in [-0.4, -0.2) is 43.7 Å². The fourth-order valence-corrected chi connectivity index (χ4v) is 3.40. The van der Waals surface area contributed by atoms with Gasteiger partial charge in [-0.25, -0.2) is 9.97 Å². The molecule has 27 heavy (non-hydrogen) atoms. The lowest BCUT2D eigenvalue weighted by atomic mass is 10.1. The van der Waals surface area contributed by atoms with Gasteiger partial charge in [0.15, 0.2) is 5.69 Å². The van der Waals surface area contributed by atoms with E-state index in [0.29, 0.717) is 37.2 Å². The summed E-state index contributed by atoms with van der Waals surface area (Å²) in [6.07, 6.45) is 7.48. The van der Waals surface area contributed by atoms with Gasteiger partial charge in [0.25, 0.3) is 5.91 Å². The number of aromatic nitrogens is 4. The highest BCUT2D eigenvalue weighted by atomic mass is 16.5. The van der Waals surface area contributed by atoms with Crippen molar-refractivity contribution in [3.63, 3.8) is 0 Å². The number of hydrogen-bond acceptors (Lipinski definition) is 6. The zero-order valence-electron chi connectivity index (χ0n) is 14.7. The van der Waals surface area contributed by atoms with E-state index in [1.807, 2.05) is 18.2 Å². The third-order valence-corrected chi connectivity index (χ3v) is 5.00. The van der Waals surface area contributed by atoms with E-state index in [1.165, 1.54) is 0 Å². The highest BCUT2D eigenvalue weighted by Crippen LogP contribution is 2.40. The van der Waals surface area contributed by atoms with Crippen LogP contribution < -0.4 is 4.74 Å². The van der Waals surface area contributed by atoms with E-state index < -0.39 is 0 Å². The minimum absolute atomic E-state index is 0.0444. The van der Waals surface area contributed by atoms with Crippen molar-refractivity contribution in [1.82, 2.24) is 24.6 Å². The third-order valence-electron chi connectivity index (χ3n) is 5.00. The van der Waals surface area contributed by atoms with Gasteiger partial charge < -0.3 is 18.7 Å². The molecule has 0 unspecified atom stereocenters. The first-order valence-electron chi connectivity index (χ1n) is 9.08. The molecule has 5 rings (SSSR count). The minimum Gasteiger partial charge on any atom is -0.475 e. The van der Waals surface area contributed by atoms with E-state index in [2.05, 4.69) is 19.7 Å². The fraction of sp³-hybridized carbons (Fsp3) is 0.368. The first-order valence-corrected chi connectivity index (χ1v) is 9.08. The summed E-state index contributed by atoms with van der Waals surface area (Å²) in [5.74, 6) is 1.69. The maximum atomic E-state index is 12.9. The molecule has 138 valence electrons. The van der Waals surface area contributed by atoms with Crippen molar-refractivity contribution in [2.75, 3.05) is 13.2 Å². The van der Waals surface area contributed by atoms with Crippen molar-refractivity contribution in [2.45, 2.75) is 31.3 Å². The predicted octanol–water partition coefficient (Wildman–Crippen LogP) is 2.42. The van der Waals surface area contributed by atoms with Crippen LogP contribution in [0.25, 0.3) is 0 Å². The first-order chi connectivity index (χ1) is 13.3. The quantitative estimate of drug-likeness (QED) is 0.690. The molecule has 2 aliphatic rings. The molecular formula is C19H19N5O3. The number of nitrogens with zero attached hydrogens (tertiary/aromatic N) is 5. The Hall–Kier alpha value is -3.16. The second-order valence-electron chi connectivity index (χ2n) is 7.00. The van der Waals surface area contributed by atoms with Crippen LogP contribution in [0.2, 0.25) is 0 Å². The highest BCUT2D eigenvalue weighted by Gasteiger charge is 2.33. The number of hydrogen-bond donors (Lipinski definition) is 0. The number of carbonyl (C=O) groups is 1. The summed E-state index contributed by atoms with van der Waals surface area (Å²) in [5.41, 5.74) is 1.34. The lowest BCUT2D eigenvalue weighted by molar-refractivity contribution is 0.0635. The molecule has 0 radical (unpaired) electrons. The molecule has 0 N–H and O–H groups in total. The molecule has 0 spiro atoms. The van der Waals surface area contributed by atoms with Crippen molar-refractivity contribution in [2.24, 2.45) is 0 Å². The van der Waals surface area contributed by atoms with Crippen LogP contribution in [0.3, 0.4) is 0 Å². The summed E-state index contributed by atoms with van der Waals surface area (Å²) in [6, 6.07) is 7.28. The molecule has 0 bridgehead atoms. The highest BCUT2D eigenvalue weighted by molar-refractivity contribution is 5.92. The average Bonchev–Trinajstić information content (AvgIpc) is 3.24. The van der Waals surface area contributed by atoms with Gasteiger partial charge in [-0.2, -0.15) is 0 Å². The van der Waals surface area contributed by atoms with E-state index in [4.69, 9.17) is 9.26 Å². The number of imidazole rings is 1. The molecule has 1 saturated carbocycles. The Bertz CT molecular complexity index is 947. The maximum absolute atomic E-state index is 12.9. The van der Waals surface area contributed by atoms with Gasteiger partial charge in [-0.3, -0.25) is 4.79 Å². The van der Waals surface area contributed by atoms with Crippen LogP contribution in [0.15, 0.2) is 47.5 Å². The van der Waals surface area contributed by atoms with E-state index in [-0.39, 0.29) is 11.9 Å². The lowest BCUT2D eigenvalue weighted by Gasteiger charge is -2.33. The maximum Gasteiger partial charge on any atom is 0.276 e. The van der Waals surface area contributed by atoms with E-state index in [9.17, 15) is 4.79 Å². The Balaban J connectivity index is 1.33. The molecular weight excluding hydrogens is 346 g/mol. The minimum atomic E-state index is -0.124. The first kappa shape index (κ1) is 16.0. The SMILES string of the molecule is O=C(c1cc(C2CC2)on1)N1Cc2cncn2[C@@H](COc2ccccn2)C1. The molecule has 0 saturated heterocycles. The van der Waals surface area contributed by atoms with Gasteiger partial charge in [-0.05, 0) is 18.9 Å². The molecule has 8 heteroatoms. The number of carbonyl (C=O) groups excluding carboxylic acids is 1. The standard InChI is InChI=1S/C19H19N5O3/c25-19(16-7-17(27-22-16)13-4-5-13)23-9-14-8-20-12-24(14)15(10-23)11-26-18-3-1-2-6-21-18/h1-3,6-8,12-13,15H,4-5,9-11H2/t15-/m1/s1. The molecule has 8 nitrogen and oxygen atoms in total. The van der Waals surface area contributed by atoms with Gasteiger partial charge in [0, 0.05) is 37.0 Å². The fourth-order valence-electron chi connectivity index (χ4n) is 3.40. The van der Waals surface area contributed by atoms with Crippen molar-refractivity contribution in [3.05, 3.63) is 60.1 Å². The largest absolute Gasteiger partial charge is 0.475 e. The monoisotopic (exact) mass is 365 g/mol. The van der Waals surface area contributed by atoms with Crippen LogP contribution in [-0.2, 0) is 6.54 Å². The molecule has 3 aromatic heterocycles. The Morgan fingerprint density at radius 3 is 3.07 bits per heavy atom.